The highest BCUT2D eigenvalue weighted by atomic mass is 19.4. The number of benzene rings is 2. The molecule has 1 unspecified atom stereocenters. The fourth-order valence-electron chi connectivity index (χ4n) is 2.89. The third-order valence-electron chi connectivity index (χ3n) is 4.17. The molecule has 8 heteroatoms. The van der Waals surface area contributed by atoms with Crippen molar-refractivity contribution in [1.29, 1.82) is 0 Å². The van der Waals surface area contributed by atoms with E-state index in [1.54, 1.807) is 19.2 Å². The number of methoxy groups -OCH3 is 1. The molecule has 0 saturated heterocycles. The van der Waals surface area contributed by atoms with Gasteiger partial charge in [-0.15, -0.1) is 0 Å². The summed E-state index contributed by atoms with van der Waals surface area (Å²) in [5, 5.41) is 2.93. The van der Waals surface area contributed by atoms with Gasteiger partial charge in [-0.05, 0) is 30.2 Å². The number of carbonyl (C=O) groups is 1. The molecule has 2 aromatic carbocycles. The second kappa shape index (κ2) is 7.48. The van der Waals surface area contributed by atoms with Gasteiger partial charge in [-0.25, -0.2) is 4.79 Å². The molecule has 0 bridgehead atoms. The van der Waals surface area contributed by atoms with Gasteiger partial charge in [0.2, 0.25) is 0 Å². The van der Waals surface area contributed by atoms with Crippen molar-refractivity contribution in [2.45, 2.75) is 25.9 Å². The lowest BCUT2D eigenvalue weighted by Crippen LogP contribution is -2.37. The predicted molar refractivity (Wildman–Crippen MR) is 91.4 cm³/mol. The van der Waals surface area contributed by atoms with Crippen molar-refractivity contribution in [3.63, 3.8) is 0 Å². The Morgan fingerprint density at radius 3 is 2.67 bits per heavy atom. The number of alkyl halides is 3. The van der Waals surface area contributed by atoms with E-state index >= 15 is 0 Å². The van der Waals surface area contributed by atoms with Gasteiger partial charge in [0.15, 0.2) is 0 Å². The molecule has 5 nitrogen and oxygen atoms in total. The Kier molecular flexibility index (Phi) is 5.27. The molecule has 3 rings (SSSR count). The quantitative estimate of drug-likeness (QED) is 0.824. The van der Waals surface area contributed by atoms with Gasteiger partial charge in [0.25, 0.3) is 6.29 Å². The van der Waals surface area contributed by atoms with E-state index in [1.807, 2.05) is 31.2 Å². The predicted octanol–water partition coefficient (Wildman–Crippen LogP) is 3.58. The number of aryl methyl sites for hydroxylation is 1. The first-order valence-electron chi connectivity index (χ1n) is 8.21. The molecule has 0 aliphatic carbocycles. The summed E-state index contributed by atoms with van der Waals surface area (Å²) in [4.78, 5) is 11.2. The van der Waals surface area contributed by atoms with Gasteiger partial charge < -0.3 is 19.5 Å². The van der Waals surface area contributed by atoms with E-state index in [0.29, 0.717) is 23.6 Å². The number of carbonyl (C=O) groups excluding carboxylic acids is 1. The molecule has 0 spiro atoms. The summed E-state index contributed by atoms with van der Waals surface area (Å²) in [6.45, 7) is 2.21. The number of esters is 1. The highest BCUT2D eigenvalue weighted by Crippen LogP contribution is 2.38. The van der Waals surface area contributed by atoms with Crippen LogP contribution < -0.4 is 14.8 Å². The zero-order valence-corrected chi connectivity index (χ0v) is 14.7. The smallest absolute Gasteiger partial charge is 0.491 e. The molecule has 0 radical (unpaired) electrons. The van der Waals surface area contributed by atoms with Crippen LogP contribution in [-0.2, 0) is 16.1 Å². The molecule has 0 saturated carbocycles. The third-order valence-corrected chi connectivity index (χ3v) is 4.17. The number of nitrogens with one attached hydrogen (secondary N) is 1. The fraction of sp³-hybridized carbons (Fsp3) is 0.316. The van der Waals surface area contributed by atoms with Crippen LogP contribution in [0.3, 0.4) is 0 Å². The van der Waals surface area contributed by atoms with Crippen molar-refractivity contribution in [2.24, 2.45) is 0 Å². The lowest BCUT2D eigenvalue weighted by Gasteiger charge is -2.21. The van der Waals surface area contributed by atoms with Gasteiger partial charge in [-0.3, -0.25) is 0 Å². The zero-order chi connectivity index (χ0) is 19.6. The highest BCUT2D eigenvalue weighted by Gasteiger charge is 2.43. The number of halogens is 3. The minimum atomic E-state index is -5.08. The van der Waals surface area contributed by atoms with E-state index in [2.05, 4.69) is 10.1 Å². The lowest BCUT2D eigenvalue weighted by atomic mass is 9.97. The number of hydrogen-bond donors (Lipinski definition) is 1. The van der Waals surface area contributed by atoms with Crippen LogP contribution in [0.1, 0.15) is 11.1 Å². The van der Waals surface area contributed by atoms with E-state index in [4.69, 9.17) is 9.47 Å². The molecule has 1 atom stereocenters. The number of hydrogen-bond acceptors (Lipinski definition) is 5. The first-order chi connectivity index (χ1) is 12.8. The van der Waals surface area contributed by atoms with Crippen LogP contribution in [0.25, 0.3) is 11.1 Å². The zero-order valence-electron chi connectivity index (χ0n) is 14.7. The highest BCUT2D eigenvalue weighted by molar-refractivity contribution is 5.77. The van der Waals surface area contributed by atoms with Crippen LogP contribution in [0.2, 0.25) is 0 Å². The molecule has 0 fully saturated rings. The Labute approximate surface area is 154 Å². The second-order valence-electron chi connectivity index (χ2n) is 6.06. The Morgan fingerprint density at radius 1 is 1.22 bits per heavy atom. The molecular formula is C19H18F3NO4. The molecule has 1 heterocycles. The maximum absolute atomic E-state index is 12.5. The van der Waals surface area contributed by atoms with E-state index in [-0.39, 0.29) is 6.54 Å². The number of fused-ring (bicyclic) bond motifs is 1. The van der Waals surface area contributed by atoms with Crippen molar-refractivity contribution >= 4 is 5.97 Å². The topological polar surface area (TPSA) is 56.8 Å². The van der Waals surface area contributed by atoms with Crippen molar-refractivity contribution in [3.8, 4) is 22.6 Å². The molecule has 27 heavy (non-hydrogen) atoms. The maximum atomic E-state index is 12.5. The van der Waals surface area contributed by atoms with Gasteiger partial charge in [-0.1, -0.05) is 24.3 Å². The first-order valence-corrected chi connectivity index (χ1v) is 8.21. The van der Waals surface area contributed by atoms with Crippen molar-refractivity contribution in [2.75, 3.05) is 13.7 Å². The standard InChI is InChI=1S/C19H18F3NO4/c1-11-8-13(25-2)6-7-14(11)15-5-3-4-12-9-23-10-16(26-17(12)15)27-18(24)19(20,21)22/h3-8,16,23H,9-10H2,1-2H3. The van der Waals surface area contributed by atoms with E-state index in [1.165, 1.54) is 0 Å². The molecule has 1 aliphatic heterocycles. The van der Waals surface area contributed by atoms with Gasteiger partial charge >= 0.3 is 12.1 Å². The molecule has 0 amide bonds. The van der Waals surface area contributed by atoms with Gasteiger partial charge in [-0.2, -0.15) is 13.2 Å². The van der Waals surface area contributed by atoms with E-state index in [9.17, 15) is 18.0 Å². The summed E-state index contributed by atoms with van der Waals surface area (Å²) in [5.41, 5.74) is 3.21. The maximum Gasteiger partial charge on any atom is 0.491 e. The largest absolute Gasteiger partial charge is 0.497 e. The van der Waals surface area contributed by atoms with Gasteiger partial charge in [0, 0.05) is 17.7 Å². The molecule has 144 valence electrons. The number of rotatable bonds is 3. The van der Waals surface area contributed by atoms with Crippen LogP contribution >= 0.6 is 0 Å². The van der Waals surface area contributed by atoms with Gasteiger partial charge in [0.05, 0.1) is 13.7 Å². The van der Waals surface area contributed by atoms with Crippen molar-refractivity contribution < 1.29 is 32.2 Å². The van der Waals surface area contributed by atoms with Crippen LogP contribution in [0.4, 0.5) is 13.2 Å². The monoisotopic (exact) mass is 381 g/mol. The normalized spacial score (nSPS) is 16.7. The summed E-state index contributed by atoms with van der Waals surface area (Å²) in [7, 11) is 1.57. The molecular weight excluding hydrogens is 363 g/mol. The summed E-state index contributed by atoms with van der Waals surface area (Å²) in [6, 6.07) is 10.9. The Hall–Kier alpha value is -2.74. The fourth-order valence-corrected chi connectivity index (χ4v) is 2.89. The summed E-state index contributed by atoms with van der Waals surface area (Å²) in [5.74, 6) is -1.20. The number of para-hydroxylation sites is 1. The SMILES string of the molecule is COc1ccc(-c2cccc3c2OC(OC(=O)C(F)(F)F)CNC3)c(C)c1. The third kappa shape index (κ3) is 4.16. The van der Waals surface area contributed by atoms with Crippen LogP contribution in [0.5, 0.6) is 11.5 Å². The van der Waals surface area contributed by atoms with E-state index in [0.717, 1.165) is 16.7 Å². The van der Waals surface area contributed by atoms with Crippen LogP contribution in [0, 0.1) is 6.92 Å². The molecule has 1 aliphatic rings. The minimum absolute atomic E-state index is 0.0580. The van der Waals surface area contributed by atoms with Crippen LogP contribution in [-0.4, -0.2) is 32.1 Å². The average molecular weight is 381 g/mol. The summed E-state index contributed by atoms with van der Waals surface area (Å²) < 4.78 is 52.9. The van der Waals surface area contributed by atoms with E-state index < -0.39 is 18.4 Å². The van der Waals surface area contributed by atoms with Gasteiger partial charge in [0.1, 0.15) is 11.5 Å². The number of ether oxygens (including phenoxy) is 3. The van der Waals surface area contributed by atoms with Crippen LogP contribution in [0.15, 0.2) is 36.4 Å². The average Bonchev–Trinajstić information content (AvgIpc) is 2.82. The second-order valence-corrected chi connectivity index (χ2v) is 6.06. The Morgan fingerprint density at radius 2 is 2.00 bits per heavy atom. The molecule has 2 aromatic rings. The molecule has 0 aromatic heterocycles. The Bertz CT molecular complexity index is 851. The minimum Gasteiger partial charge on any atom is -0.497 e. The Balaban J connectivity index is 1.96. The summed E-state index contributed by atoms with van der Waals surface area (Å²) >= 11 is 0. The molecule has 1 N–H and O–H groups in total. The summed E-state index contributed by atoms with van der Waals surface area (Å²) in [6.07, 6.45) is -6.47. The van der Waals surface area contributed by atoms with Crippen molar-refractivity contribution in [3.05, 3.63) is 47.5 Å². The van der Waals surface area contributed by atoms with Crippen molar-refractivity contribution in [1.82, 2.24) is 5.32 Å². The lowest BCUT2D eigenvalue weighted by molar-refractivity contribution is -0.215. The first kappa shape index (κ1) is 19.0.